The predicted molar refractivity (Wildman–Crippen MR) is 61.2 cm³/mol. The zero-order valence-electron chi connectivity index (χ0n) is 9.31. The van der Waals surface area contributed by atoms with Gasteiger partial charge in [-0.1, -0.05) is 24.3 Å². The van der Waals surface area contributed by atoms with Gasteiger partial charge in [-0.2, -0.15) is 5.10 Å². The quantitative estimate of drug-likeness (QED) is 0.841. The van der Waals surface area contributed by atoms with Gasteiger partial charge in [-0.15, -0.1) is 0 Å². The third-order valence-corrected chi connectivity index (χ3v) is 2.60. The van der Waals surface area contributed by atoms with E-state index in [-0.39, 0.29) is 11.9 Å². The number of aryl methyl sites for hydroxylation is 1. The third-order valence-electron chi connectivity index (χ3n) is 2.60. The summed E-state index contributed by atoms with van der Waals surface area (Å²) in [6.45, 7) is 1.92. The summed E-state index contributed by atoms with van der Waals surface area (Å²) < 4.78 is 15.0. The first-order valence-electron chi connectivity index (χ1n) is 5.13. The minimum absolute atomic E-state index is 0.00886. The van der Waals surface area contributed by atoms with E-state index in [2.05, 4.69) is 5.10 Å². The molecule has 0 saturated carbocycles. The average molecular weight is 219 g/mol. The van der Waals surface area contributed by atoms with Gasteiger partial charge in [0.25, 0.3) is 0 Å². The van der Waals surface area contributed by atoms with Crippen LogP contribution in [0.2, 0.25) is 0 Å². The Labute approximate surface area is 93.7 Å². The standard InChI is InChI=1S/C12H14FN3/c1-8(14)9-3-5-10(6-4-9)12-11(13)7-15-16(12)2/h3-8H,14H2,1-2H3. The molecular weight excluding hydrogens is 205 g/mol. The Balaban J connectivity index is 2.42. The van der Waals surface area contributed by atoms with Gasteiger partial charge in [0.2, 0.25) is 0 Å². The molecule has 2 aromatic rings. The Morgan fingerprint density at radius 1 is 1.31 bits per heavy atom. The van der Waals surface area contributed by atoms with Gasteiger partial charge in [0.1, 0.15) is 5.69 Å². The molecule has 0 radical (unpaired) electrons. The molecule has 1 heterocycles. The first-order chi connectivity index (χ1) is 7.59. The van der Waals surface area contributed by atoms with Crippen molar-refractivity contribution in [1.29, 1.82) is 0 Å². The van der Waals surface area contributed by atoms with E-state index in [0.717, 1.165) is 11.1 Å². The second-order valence-electron chi connectivity index (χ2n) is 3.88. The lowest BCUT2D eigenvalue weighted by atomic mass is 10.1. The summed E-state index contributed by atoms with van der Waals surface area (Å²) in [5, 5.41) is 3.87. The Morgan fingerprint density at radius 3 is 2.38 bits per heavy atom. The summed E-state index contributed by atoms with van der Waals surface area (Å²) >= 11 is 0. The number of benzene rings is 1. The third kappa shape index (κ3) is 1.84. The van der Waals surface area contributed by atoms with E-state index in [1.165, 1.54) is 10.9 Å². The van der Waals surface area contributed by atoms with Crippen LogP contribution in [0.25, 0.3) is 11.3 Å². The van der Waals surface area contributed by atoms with Gasteiger partial charge >= 0.3 is 0 Å². The summed E-state index contributed by atoms with van der Waals surface area (Å²) in [7, 11) is 1.72. The molecule has 1 unspecified atom stereocenters. The number of rotatable bonds is 2. The zero-order chi connectivity index (χ0) is 11.7. The van der Waals surface area contributed by atoms with Crippen molar-refractivity contribution in [3.63, 3.8) is 0 Å². The van der Waals surface area contributed by atoms with E-state index in [0.29, 0.717) is 5.69 Å². The molecule has 0 amide bonds. The summed E-state index contributed by atoms with van der Waals surface area (Å²) in [6.07, 6.45) is 1.22. The van der Waals surface area contributed by atoms with Crippen LogP contribution in [-0.4, -0.2) is 9.78 Å². The average Bonchev–Trinajstić information content (AvgIpc) is 2.59. The lowest BCUT2D eigenvalue weighted by molar-refractivity contribution is 0.629. The predicted octanol–water partition coefficient (Wildman–Crippen LogP) is 2.25. The number of hydrogen-bond acceptors (Lipinski definition) is 2. The molecule has 1 aromatic carbocycles. The maximum Gasteiger partial charge on any atom is 0.169 e. The number of hydrogen-bond donors (Lipinski definition) is 1. The molecule has 0 aliphatic rings. The lowest BCUT2D eigenvalue weighted by Crippen LogP contribution is -2.04. The lowest BCUT2D eigenvalue weighted by Gasteiger charge is -2.07. The molecule has 1 atom stereocenters. The first kappa shape index (κ1) is 10.8. The highest BCUT2D eigenvalue weighted by molar-refractivity contribution is 5.60. The minimum atomic E-state index is -0.309. The summed E-state index contributed by atoms with van der Waals surface area (Å²) in [4.78, 5) is 0. The number of aromatic nitrogens is 2. The topological polar surface area (TPSA) is 43.8 Å². The van der Waals surface area contributed by atoms with E-state index in [4.69, 9.17) is 5.73 Å². The molecule has 84 valence electrons. The molecule has 0 aliphatic heterocycles. The molecule has 0 spiro atoms. The zero-order valence-corrected chi connectivity index (χ0v) is 9.31. The van der Waals surface area contributed by atoms with Crippen molar-refractivity contribution in [1.82, 2.24) is 9.78 Å². The van der Waals surface area contributed by atoms with Crippen molar-refractivity contribution < 1.29 is 4.39 Å². The van der Waals surface area contributed by atoms with Crippen LogP contribution in [-0.2, 0) is 7.05 Å². The maximum absolute atomic E-state index is 13.4. The van der Waals surface area contributed by atoms with Crippen LogP contribution in [0, 0.1) is 5.82 Å². The molecule has 2 rings (SSSR count). The highest BCUT2D eigenvalue weighted by Gasteiger charge is 2.10. The monoisotopic (exact) mass is 219 g/mol. The molecule has 0 bridgehead atoms. The van der Waals surface area contributed by atoms with Crippen molar-refractivity contribution in [2.75, 3.05) is 0 Å². The summed E-state index contributed by atoms with van der Waals surface area (Å²) in [5.41, 5.74) is 8.09. The van der Waals surface area contributed by atoms with Crippen LogP contribution in [0.15, 0.2) is 30.5 Å². The van der Waals surface area contributed by atoms with Crippen molar-refractivity contribution in [3.05, 3.63) is 41.8 Å². The molecular formula is C12H14FN3. The van der Waals surface area contributed by atoms with Gasteiger partial charge in [-0.25, -0.2) is 4.39 Å². The van der Waals surface area contributed by atoms with Gasteiger partial charge < -0.3 is 5.73 Å². The minimum Gasteiger partial charge on any atom is -0.324 e. The van der Waals surface area contributed by atoms with E-state index in [1.807, 2.05) is 31.2 Å². The van der Waals surface area contributed by atoms with E-state index in [1.54, 1.807) is 7.05 Å². The Hall–Kier alpha value is -1.68. The molecule has 0 saturated heterocycles. The molecule has 3 nitrogen and oxygen atoms in total. The van der Waals surface area contributed by atoms with Crippen LogP contribution in [0.5, 0.6) is 0 Å². The Morgan fingerprint density at radius 2 is 1.94 bits per heavy atom. The van der Waals surface area contributed by atoms with Crippen LogP contribution in [0.4, 0.5) is 4.39 Å². The fourth-order valence-corrected chi connectivity index (χ4v) is 1.68. The van der Waals surface area contributed by atoms with E-state index >= 15 is 0 Å². The van der Waals surface area contributed by atoms with Crippen molar-refractivity contribution in [2.24, 2.45) is 12.8 Å². The van der Waals surface area contributed by atoms with Crippen LogP contribution in [0.3, 0.4) is 0 Å². The van der Waals surface area contributed by atoms with Crippen LogP contribution < -0.4 is 5.73 Å². The van der Waals surface area contributed by atoms with Crippen LogP contribution >= 0.6 is 0 Å². The van der Waals surface area contributed by atoms with Crippen molar-refractivity contribution >= 4 is 0 Å². The number of nitrogens with zero attached hydrogens (tertiary/aromatic N) is 2. The molecule has 4 heteroatoms. The first-order valence-corrected chi connectivity index (χ1v) is 5.13. The summed E-state index contributed by atoms with van der Waals surface area (Å²) in [5.74, 6) is -0.309. The van der Waals surface area contributed by atoms with Gasteiger partial charge in [0.15, 0.2) is 5.82 Å². The highest BCUT2D eigenvalue weighted by Crippen LogP contribution is 2.23. The van der Waals surface area contributed by atoms with Crippen molar-refractivity contribution in [3.8, 4) is 11.3 Å². The molecule has 2 N–H and O–H groups in total. The molecule has 1 aromatic heterocycles. The van der Waals surface area contributed by atoms with Gasteiger partial charge in [0.05, 0.1) is 6.20 Å². The number of halogens is 1. The van der Waals surface area contributed by atoms with E-state index < -0.39 is 0 Å². The second kappa shape index (κ2) is 4.06. The number of nitrogens with two attached hydrogens (primary N) is 1. The van der Waals surface area contributed by atoms with E-state index in [9.17, 15) is 4.39 Å². The molecule has 16 heavy (non-hydrogen) atoms. The van der Waals surface area contributed by atoms with Gasteiger partial charge in [-0.3, -0.25) is 4.68 Å². The highest BCUT2D eigenvalue weighted by atomic mass is 19.1. The fourth-order valence-electron chi connectivity index (χ4n) is 1.68. The maximum atomic E-state index is 13.4. The Bertz CT molecular complexity index is 466. The largest absolute Gasteiger partial charge is 0.324 e. The van der Waals surface area contributed by atoms with Crippen molar-refractivity contribution in [2.45, 2.75) is 13.0 Å². The second-order valence-corrected chi connectivity index (χ2v) is 3.88. The molecule has 0 fully saturated rings. The normalized spacial score (nSPS) is 12.8. The summed E-state index contributed by atoms with van der Waals surface area (Å²) in [6, 6.07) is 7.53. The van der Waals surface area contributed by atoms with Crippen LogP contribution in [0.1, 0.15) is 18.5 Å². The smallest absolute Gasteiger partial charge is 0.169 e. The van der Waals surface area contributed by atoms with Gasteiger partial charge in [-0.05, 0) is 12.5 Å². The van der Waals surface area contributed by atoms with Gasteiger partial charge in [0, 0.05) is 18.7 Å². The SMILES string of the molecule is CC(N)c1ccc(-c2c(F)cnn2C)cc1. The molecule has 0 aliphatic carbocycles. The fraction of sp³-hybridized carbons (Fsp3) is 0.250. The Kier molecular flexibility index (Phi) is 2.75.